The number of aromatic nitrogens is 2. The molecule has 232 valence electrons. The Labute approximate surface area is 288 Å². The summed E-state index contributed by atoms with van der Waals surface area (Å²) in [5.41, 5.74) is 12.3. The number of nitrogens with one attached hydrogen (secondary N) is 1. The van der Waals surface area contributed by atoms with Crippen LogP contribution < -0.4 is 5.32 Å². The van der Waals surface area contributed by atoms with Gasteiger partial charge in [0.25, 0.3) is 0 Å². The Kier molecular flexibility index (Phi) is 6.27. The van der Waals surface area contributed by atoms with Crippen LogP contribution in [-0.4, -0.2) is 14.3 Å². The van der Waals surface area contributed by atoms with Crippen LogP contribution in [0.2, 0.25) is 0 Å². The van der Waals surface area contributed by atoms with Crippen molar-refractivity contribution < 1.29 is 0 Å². The molecule has 3 heterocycles. The molecule has 1 unspecified atom stereocenters. The molecule has 1 atom stereocenters. The molecule has 2 aromatic heterocycles. The maximum Gasteiger partial charge on any atom is 0.159 e. The van der Waals surface area contributed by atoms with Gasteiger partial charge in [0.15, 0.2) is 6.17 Å². The van der Waals surface area contributed by atoms with Crippen LogP contribution in [0.25, 0.3) is 71.6 Å². The second kappa shape index (κ2) is 11.0. The van der Waals surface area contributed by atoms with Crippen molar-refractivity contribution in [2.24, 2.45) is 4.99 Å². The minimum Gasteiger partial charge on any atom is -0.357 e. The minimum absolute atomic E-state index is 0.314. The lowest BCUT2D eigenvalue weighted by Gasteiger charge is -2.27. The second-order valence-electron chi connectivity index (χ2n) is 12.6. The Morgan fingerprint density at radius 3 is 1.88 bits per heavy atom. The molecule has 0 radical (unpaired) electrons. The van der Waals surface area contributed by atoms with Crippen LogP contribution in [0.4, 0.5) is 11.4 Å². The van der Waals surface area contributed by atoms with E-state index >= 15 is 0 Å². The first-order valence-corrected chi connectivity index (χ1v) is 16.9. The third-order valence-electron chi connectivity index (χ3n) is 9.84. The first-order chi connectivity index (χ1) is 24.2. The van der Waals surface area contributed by atoms with Gasteiger partial charge >= 0.3 is 0 Å². The number of halogens is 1. The summed E-state index contributed by atoms with van der Waals surface area (Å²) in [6.45, 7) is 0. The lowest BCUT2D eigenvalue weighted by molar-refractivity contribution is 0.767. The Morgan fingerprint density at radius 2 is 1.06 bits per heavy atom. The molecule has 1 N–H and O–H groups in total. The number of benzene rings is 7. The van der Waals surface area contributed by atoms with Gasteiger partial charge in [-0.15, -0.1) is 0 Å². The van der Waals surface area contributed by atoms with Crippen LogP contribution in [0.5, 0.6) is 0 Å². The Morgan fingerprint density at radius 1 is 0.469 bits per heavy atom. The average Bonchev–Trinajstić information content (AvgIpc) is 3.67. The van der Waals surface area contributed by atoms with E-state index in [1.54, 1.807) is 0 Å². The summed E-state index contributed by atoms with van der Waals surface area (Å²) in [6.07, 6.45) is -0.314. The van der Waals surface area contributed by atoms with Gasteiger partial charge in [0.1, 0.15) is 5.17 Å². The van der Waals surface area contributed by atoms with Crippen molar-refractivity contribution >= 4 is 71.8 Å². The van der Waals surface area contributed by atoms with Crippen LogP contribution in [0, 0.1) is 0 Å². The molecule has 0 saturated carbocycles. The predicted octanol–water partition coefficient (Wildman–Crippen LogP) is 12.1. The van der Waals surface area contributed by atoms with E-state index in [0.717, 1.165) is 28.1 Å². The topological polar surface area (TPSA) is 34.2 Å². The number of aliphatic imine (C=N–C) groups is 1. The minimum atomic E-state index is -0.314. The number of fused-ring (bicyclic) bond motifs is 7. The zero-order valence-corrected chi connectivity index (χ0v) is 27.1. The SMILES string of the molecule is ClC1=Nc2ccccc2NC1n1c2ccccc2c2cc(-c3ccc4c(c3)c3ccc(-c5ccccc5)cc3n4-c3ccccc3)ccc21. The number of hydrogen-bond donors (Lipinski definition) is 1. The summed E-state index contributed by atoms with van der Waals surface area (Å²) in [5.74, 6) is 0. The van der Waals surface area contributed by atoms with Gasteiger partial charge < -0.3 is 14.5 Å². The maximum atomic E-state index is 6.89. The predicted molar refractivity (Wildman–Crippen MR) is 207 cm³/mol. The second-order valence-corrected chi connectivity index (χ2v) is 13.0. The third-order valence-corrected chi connectivity index (χ3v) is 10.1. The van der Waals surface area contributed by atoms with Crippen molar-refractivity contribution in [2.45, 2.75) is 6.17 Å². The summed E-state index contributed by atoms with van der Waals surface area (Å²) in [6, 6.07) is 58.3. The zero-order chi connectivity index (χ0) is 32.5. The molecule has 1 aliphatic rings. The van der Waals surface area contributed by atoms with E-state index in [1.165, 1.54) is 54.8 Å². The van der Waals surface area contributed by atoms with Gasteiger partial charge in [0.05, 0.1) is 33.4 Å². The highest BCUT2D eigenvalue weighted by Gasteiger charge is 2.26. The molecule has 0 amide bonds. The van der Waals surface area contributed by atoms with E-state index in [1.807, 2.05) is 18.2 Å². The number of para-hydroxylation sites is 4. The molecular weight excluding hydrogens is 620 g/mol. The molecule has 7 aromatic carbocycles. The molecule has 0 saturated heterocycles. The molecule has 9 aromatic rings. The smallest absolute Gasteiger partial charge is 0.159 e. The van der Waals surface area contributed by atoms with Crippen molar-refractivity contribution in [1.29, 1.82) is 0 Å². The molecule has 1 aliphatic heterocycles. The van der Waals surface area contributed by atoms with Crippen molar-refractivity contribution in [3.8, 4) is 27.9 Å². The molecular formula is C44H29ClN4. The van der Waals surface area contributed by atoms with Gasteiger partial charge in [-0.1, -0.05) is 115 Å². The third kappa shape index (κ3) is 4.42. The summed E-state index contributed by atoms with van der Waals surface area (Å²) < 4.78 is 4.66. The van der Waals surface area contributed by atoms with Crippen LogP contribution in [0.1, 0.15) is 6.17 Å². The monoisotopic (exact) mass is 648 g/mol. The largest absolute Gasteiger partial charge is 0.357 e. The Hall–Kier alpha value is -6.10. The first-order valence-electron chi connectivity index (χ1n) is 16.5. The molecule has 0 aliphatic carbocycles. The van der Waals surface area contributed by atoms with E-state index in [4.69, 9.17) is 16.6 Å². The van der Waals surface area contributed by atoms with Gasteiger partial charge in [-0.3, -0.25) is 0 Å². The van der Waals surface area contributed by atoms with Crippen LogP contribution in [-0.2, 0) is 0 Å². The van der Waals surface area contributed by atoms with E-state index in [2.05, 4.69) is 160 Å². The molecule has 49 heavy (non-hydrogen) atoms. The van der Waals surface area contributed by atoms with Crippen molar-refractivity contribution in [1.82, 2.24) is 9.13 Å². The molecule has 0 spiro atoms. The quantitative estimate of drug-likeness (QED) is 0.202. The lowest BCUT2D eigenvalue weighted by Crippen LogP contribution is -2.26. The number of rotatable bonds is 4. The van der Waals surface area contributed by atoms with Crippen molar-refractivity contribution in [2.75, 3.05) is 5.32 Å². The number of nitrogens with zero attached hydrogens (tertiary/aromatic N) is 3. The van der Waals surface area contributed by atoms with Gasteiger partial charge in [-0.25, -0.2) is 4.99 Å². The molecule has 0 fully saturated rings. The van der Waals surface area contributed by atoms with Gasteiger partial charge in [0.2, 0.25) is 0 Å². The number of anilines is 1. The highest BCUT2D eigenvalue weighted by molar-refractivity contribution is 6.67. The van der Waals surface area contributed by atoms with E-state index in [-0.39, 0.29) is 6.17 Å². The highest BCUT2D eigenvalue weighted by atomic mass is 35.5. The molecule has 0 bridgehead atoms. The van der Waals surface area contributed by atoms with E-state index in [0.29, 0.717) is 5.17 Å². The lowest BCUT2D eigenvalue weighted by atomic mass is 9.99. The summed E-state index contributed by atoms with van der Waals surface area (Å²) in [7, 11) is 0. The van der Waals surface area contributed by atoms with Crippen molar-refractivity contribution in [3.05, 3.63) is 164 Å². The molecule has 5 heteroatoms. The maximum absolute atomic E-state index is 6.89. The highest BCUT2D eigenvalue weighted by Crippen LogP contribution is 2.41. The van der Waals surface area contributed by atoms with Gasteiger partial charge in [0, 0.05) is 27.2 Å². The van der Waals surface area contributed by atoms with Crippen molar-refractivity contribution in [3.63, 3.8) is 0 Å². The van der Waals surface area contributed by atoms with E-state index < -0.39 is 0 Å². The average molecular weight is 649 g/mol. The Bertz CT molecular complexity index is 2760. The van der Waals surface area contributed by atoms with Gasteiger partial charge in [-0.05, 0) is 82.9 Å². The molecule has 4 nitrogen and oxygen atoms in total. The zero-order valence-electron chi connectivity index (χ0n) is 26.4. The normalized spacial score (nSPS) is 14.3. The van der Waals surface area contributed by atoms with Gasteiger partial charge in [-0.2, -0.15) is 0 Å². The van der Waals surface area contributed by atoms with E-state index in [9.17, 15) is 0 Å². The summed E-state index contributed by atoms with van der Waals surface area (Å²) in [4.78, 5) is 4.76. The summed E-state index contributed by atoms with van der Waals surface area (Å²) in [5, 5.41) is 8.98. The van der Waals surface area contributed by atoms with Crippen LogP contribution in [0.3, 0.4) is 0 Å². The fraction of sp³-hybridized carbons (Fsp3) is 0.0227. The Balaban J connectivity index is 1.15. The van der Waals surface area contributed by atoms with Crippen LogP contribution in [0.15, 0.2) is 169 Å². The number of hydrogen-bond acceptors (Lipinski definition) is 2. The fourth-order valence-corrected chi connectivity index (χ4v) is 7.82. The molecule has 10 rings (SSSR count). The van der Waals surface area contributed by atoms with Crippen LogP contribution >= 0.6 is 11.6 Å². The standard InChI is InChI=1S/C44H29ClN4/c45-43-44(47-38-17-9-8-16-37(38)46-43)49-39-18-10-7-15-33(39)35-25-30(21-24-41(35)49)29-20-23-40-36(26-29)34-22-19-31(28-11-3-1-4-12-28)27-42(34)48(40)32-13-5-2-6-14-32/h1-27,44,47H. The summed E-state index contributed by atoms with van der Waals surface area (Å²) >= 11 is 6.89. The first kappa shape index (κ1) is 28.0. The fourth-order valence-electron chi connectivity index (χ4n) is 7.57.